The van der Waals surface area contributed by atoms with E-state index in [1.54, 1.807) is 36.4 Å². The van der Waals surface area contributed by atoms with Crippen molar-refractivity contribution in [3.63, 3.8) is 0 Å². The van der Waals surface area contributed by atoms with Crippen LogP contribution in [0.15, 0.2) is 65.6 Å². The Morgan fingerprint density at radius 2 is 1.37 bits per heavy atom. The molecule has 0 amide bonds. The molecule has 0 radical (unpaired) electrons. The van der Waals surface area contributed by atoms with E-state index in [-0.39, 0.29) is 4.90 Å². The maximum atomic E-state index is 12.9. The lowest BCUT2D eigenvalue weighted by Gasteiger charge is -2.14. The fourth-order valence-corrected chi connectivity index (χ4v) is 5.10. The number of sulfonamides is 1. The molecule has 7 heteroatoms. The number of benzene rings is 3. The molecule has 0 fully saturated rings. The topological polar surface area (TPSA) is 49.4 Å². The van der Waals surface area contributed by atoms with Gasteiger partial charge in [-0.1, -0.05) is 47.5 Å². The van der Waals surface area contributed by atoms with Crippen LogP contribution in [0.1, 0.15) is 11.1 Å². The van der Waals surface area contributed by atoms with Gasteiger partial charge in [-0.3, -0.25) is 4.72 Å². The summed E-state index contributed by atoms with van der Waals surface area (Å²) in [5, 5.41) is 1.08. The zero-order chi connectivity index (χ0) is 21.3. The van der Waals surface area contributed by atoms with Crippen molar-refractivity contribution >= 4 is 38.9 Å². The van der Waals surface area contributed by atoms with Crippen molar-refractivity contribution in [3.8, 4) is 11.1 Å². The van der Waals surface area contributed by atoms with E-state index in [0.29, 0.717) is 15.7 Å². The molecule has 0 atom stereocenters. The van der Waals surface area contributed by atoms with Crippen LogP contribution in [-0.4, -0.2) is 33.5 Å². The van der Waals surface area contributed by atoms with Crippen molar-refractivity contribution in [1.29, 1.82) is 0 Å². The lowest BCUT2D eigenvalue weighted by molar-refractivity contribution is 0.352. The molecule has 3 aromatic rings. The summed E-state index contributed by atoms with van der Waals surface area (Å²) in [5.41, 5.74) is 4.62. The third-order valence-electron chi connectivity index (χ3n) is 5.40. The zero-order valence-electron chi connectivity index (χ0n) is 16.5. The van der Waals surface area contributed by atoms with Crippen LogP contribution in [0.5, 0.6) is 0 Å². The van der Waals surface area contributed by atoms with E-state index in [1.165, 1.54) is 5.56 Å². The predicted octanol–water partition coefficient (Wildman–Crippen LogP) is 5.49. The summed E-state index contributed by atoms with van der Waals surface area (Å²) < 4.78 is 28.5. The van der Waals surface area contributed by atoms with Crippen LogP contribution in [-0.2, 0) is 22.9 Å². The third-order valence-corrected chi connectivity index (χ3v) is 7.35. The minimum atomic E-state index is -3.75. The van der Waals surface area contributed by atoms with E-state index in [2.05, 4.69) is 16.7 Å². The van der Waals surface area contributed by atoms with Crippen molar-refractivity contribution < 1.29 is 8.42 Å². The second kappa shape index (κ2) is 8.60. The molecule has 1 N–H and O–H groups in total. The molecule has 0 saturated carbocycles. The molecule has 0 aromatic heterocycles. The lowest BCUT2D eigenvalue weighted by Crippen LogP contribution is -2.20. The molecule has 1 heterocycles. The molecule has 1 aliphatic rings. The second-order valence-corrected chi connectivity index (χ2v) is 10.1. The molecule has 156 valence electrons. The largest absolute Gasteiger partial charge is 0.306 e. The number of hydrogen-bond acceptors (Lipinski definition) is 3. The fourth-order valence-electron chi connectivity index (χ4n) is 3.61. The molecule has 0 spiro atoms. The highest BCUT2D eigenvalue weighted by Crippen LogP contribution is 2.31. The molecular weight excluding hydrogens is 439 g/mol. The van der Waals surface area contributed by atoms with Gasteiger partial charge in [0.1, 0.15) is 0 Å². The lowest BCUT2D eigenvalue weighted by atomic mass is 10.0. The molecular formula is C23H22Cl2N2O2S. The summed E-state index contributed by atoms with van der Waals surface area (Å²) in [6.07, 6.45) is 1.78. The van der Waals surface area contributed by atoms with Gasteiger partial charge in [-0.05, 0) is 78.5 Å². The molecule has 1 aliphatic heterocycles. The molecule has 4 rings (SSSR count). The van der Waals surface area contributed by atoms with Gasteiger partial charge >= 0.3 is 0 Å². The zero-order valence-corrected chi connectivity index (χ0v) is 18.9. The Hall–Kier alpha value is -2.05. The molecule has 3 aromatic carbocycles. The number of fused-ring (bicyclic) bond motifs is 1. The Labute approximate surface area is 187 Å². The summed E-state index contributed by atoms with van der Waals surface area (Å²) in [4.78, 5) is 2.45. The van der Waals surface area contributed by atoms with Crippen molar-refractivity contribution in [2.75, 3.05) is 24.9 Å². The summed E-state index contributed by atoms with van der Waals surface area (Å²) in [5.74, 6) is 0. The van der Waals surface area contributed by atoms with Crippen LogP contribution in [0.3, 0.4) is 0 Å². The van der Waals surface area contributed by atoms with E-state index in [0.717, 1.165) is 42.6 Å². The minimum Gasteiger partial charge on any atom is -0.306 e. The predicted molar refractivity (Wildman–Crippen MR) is 124 cm³/mol. The van der Waals surface area contributed by atoms with Gasteiger partial charge in [-0.2, -0.15) is 0 Å². The first kappa shape index (κ1) is 21.2. The summed E-state index contributed by atoms with van der Waals surface area (Å²) >= 11 is 12.3. The standard InChI is InChI=1S/C23H22Cl2N2O2S/c1-27-12-10-18-14-22(25)23(15-19(18)11-13-27)26-30(28,29)21-8-4-17(5-9-21)16-2-6-20(24)7-3-16/h2-9,14-15,26H,10-13H2,1H3. The molecule has 30 heavy (non-hydrogen) atoms. The Balaban J connectivity index is 1.58. The first-order chi connectivity index (χ1) is 14.3. The molecule has 0 unspecified atom stereocenters. The van der Waals surface area contributed by atoms with Crippen LogP contribution in [0, 0.1) is 0 Å². The van der Waals surface area contributed by atoms with Gasteiger partial charge < -0.3 is 4.90 Å². The maximum Gasteiger partial charge on any atom is 0.261 e. The van der Waals surface area contributed by atoms with Gasteiger partial charge in [0.2, 0.25) is 0 Å². The summed E-state index contributed by atoms with van der Waals surface area (Å²) in [7, 11) is -1.67. The number of likely N-dealkylation sites (N-methyl/N-ethyl adjacent to an activating group) is 1. The fraction of sp³-hybridized carbons (Fsp3) is 0.217. The average molecular weight is 461 g/mol. The third kappa shape index (κ3) is 4.65. The van der Waals surface area contributed by atoms with E-state index in [1.807, 2.05) is 24.3 Å². The number of halogens is 2. The van der Waals surface area contributed by atoms with E-state index in [9.17, 15) is 8.42 Å². The minimum absolute atomic E-state index is 0.186. The Morgan fingerprint density at radius 1 is 0.833 bits per heavy atom. The van der Waals surface area contributed by atoms with Crippen molar-refractivity contribution in [2.24, 2.45) is 0 Å². The normalized spacial score (nSPS) is 14.8. The van der Waals surface area contributed by atoms with Crippen LogP contribution in [0.2, 0.25) is 10.0 Å². The van der Waals surface area contributed by atoms with Crippen molar-refractivity contribution in [2.45, 2.75) is 17.7 Å². The number of anilines is 1. The summed E-state index contributed by atoms with van der Waals surface area (Å²) in [6, 6.07) is 17.9. The van der Waals surface area contributed by atoms with Gasteiger partial charge in [0.15, 0.2) is 0 Å². The van der Waals surface area contributed by atoms with Crippen LogP contribution in [0.25, 0.3) is 11.1 Å². The van der Waals surface area contributed by atoms with Gasteiger partial charge in [-0.15, -0.1) is 0 Å². The molecule has 0 bridgehead atoms. The van der Waals surface area contributed by atoms with Gasteiger partial charge in [0.25, 0.3) is 10.0 Å². The van der Waals surface area contributed by atoms with Crippen molar-refractivity contribution in [3.05, 3.63) is 81.8 Å². The van der Waals surface area contributed by atoms with Gasteiger partial charge in [0.05, 0.1) is 15.6 Å². The van der Waals surface area contributed by atoms with Crippen LogP contribution >= 0.6 is 23.2 Å². The van der Waals surface area contributed by atoms with Gasteiger partial charge in [-0.25, -0.2) is 8.42 Å². The highest BCUT2D eigenvalue weighted by Gasteiger charge is 2.19. The highest BCUT2D eigenvalue weighted by atomic mass is 35.5. The smallest absolute Gasteiger partial charge is 0.261 e. The Bertz CT molecular complexity index is 1160. The number of rotatable bonds is 4. The SMILES string of the molecule is CN1CCc2cc(Cl)c(NS(=O)(=O)c3ccc(-c4ccc(Cl)cc4)cc3)cc2CC1. The second-order valence-electron chi connectivity index (χ2n) is 7.54. The first-order valence-electron chi connectivity index (χ1n) is 9.70. The van der Waals surface area contributed by atoms with E-state index >= 15 is 0 Å². The Kier molecular flexibility index (Phi) is 6.07. The maximum absolute atomic E-state index is 12.9. The molecule has 4 nitrogen and oxygen atoms in total. The first-order valence-corrected chi connectivity index (χ1v) is 11.9. The molecule has 0 aliphatic carbocycles. The monoisotopic (exact) mass is 460 g/mol. The Morgan fingerprint density at radius 3 is 1.97 bits per heavy atom. The number of nitrogens with zero attached hydrogens (tertiary/aromatic N) is 1. The van der Waals surface area contributed by atoms with Crippen molar-refractivity contribution in [1.82, 2.24) is 4.90 Å². The van der Waals surface area contributed by atoms with Crippen LogP contribution < -0.4 is 4.72 Å². The number of nitrogens with one attached hydrogen (secondary N) is 1. The van der Waals surface area contributed by atoms with Gasteiger partial charge in [0, 0.05) is 18.1 Å². The average Bonchev–Trinajstić information content (AvgIpc) is 2.90. The van der Waals surface area contributed by atoms with E-state index < -0.39 is 10.0 Å². The quantitative estimate of drug-likeness (QED) is 0.559. The summed E-state index contributed by atoms with van der Waals surface area (Å²) in [6.45, 7) is 1.90. The van der Waals surface area contributed by atoms with Crippen LogP contribution in [0.4, 0.5) is 5.69 Å². The highest BCUT2D eigenvalue weighted by molar-refractivity contribution is 7.92. The van der Waals surface area contributed by atoms with E-state index in [4.69, 9.17) is 23.2 Å². The number of hydrogen-bond donors (Lipinski definition) is 1. The molecule has 0 saturated heterocycles.